The van der Waals surface area contributed by atoms with Crippen LogP contribution in [0.25, 0.3) is 0 Å². The first-order valence-electron chi connectivity index (χ1n) is 7.05. The molecule has 0 aromatic heterocycles. The number of hydrogen-bond donors (Lipinski definition) is 2. The van der Waals surface area contributed by atoms with Crippen molar-refractivity contribution in [1.29, 1.82) is 0 Å². The molecule has 3 heteroatoms. The molecule has 100 valence electrons. The fraction of sp³-hybridized carbons (Fsp3) is 0.929. The molecule has 2 N–H and O–H groups in total. The van der Waals surface area contributed by atoms with E-state index in [2.05, 4.69) is 38.3 Å². The SMILES string of the molecule is CCNC(C)CC(=O)NC1CCC(C)CC1C. The summed E-state index contributed by atoms with van der Waals surface area (Å²) in [4.78, 5) is 11.9. The van der Waals surface area contributed by atoms with Gasteiger partial charge >= 0.3 is 0 Å². The number of amides is 1. The van der Waals surface area contributed by atoms with Crippen molar-refractivity contribution in [3.63, 3.8) is 0 Å². The molecular formula is C14H28N2O. The first-order valence-corrected chi connectivity index (χ1v) is 7.05. The van der Waals surface area contributed by atoms with E-state index >= 15 is 0 Å². The predicted octanol–water partition coefficient (Wildman–Crippen LogP) is 2.32. The Morgan fingerprint density at radius 2 is 2.06 bits per heavy atom. The molecule has 0 heterocycles. The normalized spacial score (nSPS) is 30.9. The molecule has 1 aliphatic rings. The van der Waals surface area contributed by atoms with Gasteiger partial charge in [-0.1, -0.05) is 20.8 Å². The first-order chi connectivity index (χ1) is 8.02. The van der Waals surface area contributed by atoms with Crippen molar-refractivity contribution in [2.24, 2.45) is 11.8 Å². The average molecular weight is 240 g/mol. The van der Waals surface area contributed by atoms with Crippen LogP contribution in [0.4, 0.5) is 0 Å². The summed E-state index contributed by atoms with van der Waals surface area (Å²) in [5.41, 5.74) is 0. The van der Waals surface area contributed by atoms with Gasteiger partial charge in [-0.15, -0.1) is 0 Å². The van der Waals surface area contributed by atoms with Crippen LogP contribution in [0.1, 0.15) is 53.4 Å². The minimum atomic E-state index is 0.199. The standard InChI is InChI=1S/C14H28N2O/c1-5-15-12(4)9-14(17)16-13-7-6-10(2)8-11(13)3/h10-13,15H,5-9H2,1-4H3,(H,16,17). The number of carbonyl (C=O) groups is 1. The van der Waals surface area contributed by atoms with Crippen molar-refractivity contribution in [2.75, 3.05) is 6.54 Å². The minimum Gasteiger partial charge on any atom is -0.353 e. The average Bonchev–Trinajstić information content (AvgIpc) is 2.22. The second-order valence-corrected chi connectivity index (χ2v) is 5.73. The van der Waals surface area contributed by atoms with Gasteiger partial charge in [-0.25, -0.2) is 0 Å². The molecule has 1 aliphatic carbocycles. The van der Waals surface area contributed by atoms with Crippen LogP contribution >= 0.6 is 0 Å². The second kappa shape index (κ2) is 7.00. The van der Waals surface area contributed by atoms with Gasteiger partial charge in [0.2, 0.25) is 5.91 Å². The van der Waals surface area contributed by atoms with Gasteiger partial charge in [0, 0.05) is 18.5 Å². The number of carbonyl (C=O) groups excluding carboxylic acids is 1. The molecule has 3 nitrogen and oxygen atoms in total. The van der Waals surface area contributed by atoms with Crippen molar-refractivity contribution >= 4 is 5.91 Å². The van der Waals surface area contributed by atoms with Gasteiger partial charge in [0.05, 0.1) is 0 Å². The molecule has 17 heavy (non-hydrogen) atoms. The lowest BCUT2D eigenvalue weighted by molar-refractivity contribution is -0.122. The monoisotopic (exact) mass is 240 g/mol. The van der Waals surface area contributed by atoms with Gasteiger partial charge in [-0.05, 0) is 44.6 Å². The summed E-state index contributed by atoms with van der Waals surface area (Å²) in [5, 5.41) is 6.47. The Labute approximate surface area is 106 Å². The molecule has 0 spiro atoms. The summed E-state index contributed by atoms with van der Waals surface area (Å²) in [5.74, 6) is 1.64. The Hall–Kier alpha value is -0.570. The third-order valence-electron chi connectivity index (χ3n) is 3.82. The molecule has 1 saturated carbocycles. The second-order valence-electron chi connectivity index (χ2n) is 5.73. The molecule has 0 aromatic carbocycles. The highest BCUT2D eigenvalue weighted by atomic mass is 16.1. The Morgan fingerprint density at radius 3 is 2.65 bits per heavy atom. The van der Waals surface area contributed by atoms with Crippen LogP contribution < -0.4 is 10.6 Å². The fourth-order valence-corrected chi connectivity index (χ4v) is 2.84. The van der Waals surface area contributed by atoms with E-state index in [1.807, 2.05) is 0 Å². The first kappa shape index (κ1) is 14.5. The predicted molar refractivity (Wildman–Crippen MR) is 71.9 cm³/mol. The van der Waals surface area contributed by atoms with E-state index in [0.717, 1.165) is 18.9 Å². The van der Waals surface area contributed by atoms with Crippen LogP contribution in [0, 0.1) is 11.8 Å². The summed E-state index contributed by atoms with van der Waals surface area (Å²) in [7, 11) is 0. The van der Waals surface area contributed by atoms with E-state index < -0.39 is 0 Å². The molecule has 0 saturated heterocycles. The Balaban J connectivity index is 2.30. The number of rotatable bonds is 5. The molecule has 4 atom stereocenters. The highest BCUT2D eigenvalue weighted by Crippen LogP contribution is 2.28. The fourth-order valence-electron chi connectivity index (χ4n) is 2.84. The Morgan fingerprint density at radius 1 is 1.35 bits per heavy atom. The summed E-state index contributed by atoms with van der Waals surface area (Å²) in [6.07, 6.45) is 4.22. The summed E-state index contributed by atoms with van der Waals surface area (Å²) in [6.45, 7) is 9.62. The van der Waals surface area contributed by atoms with Crippen molar-refractivity contribution in [1.82, 2.24) is 10.6 Å². The van der Waals surface area contributed by atoms with Crippen molar-refractivity contribution in [3.05, 3.63) is 0 Å². The lowest BCUT2D eigenvalue weighted by Gasteiger charge is -2.33. The topological polar surface area (TPSA) is 41.1 Å². The van der Waals surface area contributed by atoms with Crippen LogP contribution in [0.5, 0.6) is 0 Å². The quantitative estimate of drug-likeness (QED) is 0.774. The zero-order chi connectivity index (χ0) is 12.8. The molecule has 0 bridgehead atoms. The highest BCUT2D eigenvalue weighted by Gasteiger charge is 2.26. The van der Waals surface area contributed by atoms with Crippen LogP contribution in [0.15, 0.2) is 0 Å². The van der Waals surface area contributed by atoms with Crippen LogP contribution in [0.2, 0.25) is 0 Å². The highest BCUT2D eigenvalue weighted by molar-refractivity contribution is 5.76. The van der Waals surface area contributed by atoms with E-state index in [4.69, 9.17) is 0 Å². The lowest BCUT2D eigenvalue weighted by atomic mass is 9.80. The number of nitrogens with one attached hydrogen (secondary N) is 2. The van der Waals surface area contributed by atoms with Gasteiger partial charge in [0.15, 0.2) is 0 Å². The van der Waals surface area contributed by atoms with E-state index in [9.17, 15) is 4.79 Å². The molecular weight excluding hydrogens is 212 g/mol. The molecule has 0 aliphatic heterocycles. The zero-order valence-corrected chi connectivity index (χ0v) is 11.8. The maximum atomic E-state index is 11.9. The maximum Gasteiger partial charge on any atom is 0.221 e. The van der Waals surface area contributed by atoms with Crippen molar-refractivity contribution < 1.29 is 4.79 Å². The molecule has 1 fully saturated rings. The Bertz CT molecular complexity index is 242. The third-order valence-corrected chi connectivity index (χ3v) is 3.82. The Kier molecular flexibility index (Phi) is 5.96. The lowest BCUT2D eigenvalue weighted by Crippen LogP contribution is -2.44. The van der Waals surface area contributed by atoms with E-state index in [-0.39, 0.29) is 11.9 Å². The van der Waals surface area contributed by atoms with Crippen LogP contribution in [0.3, 0.4) is 0 Å². The zero-order valence-electron chi connectivity index (χ0n) is 11.8. The van der Waals surface area contributed by atoms with Gasteiger partial charge in [0.1, 0.15) is 0 Å². The number of hydrogen-bond acceptors (Lipinski definition) is 2. The third kappa shape index (κ3) is 5.07. The summed E-state index contributed by atoms with van der Waals surface area (Å²) < 4.78 is 0. The van der Waals surface area contributed by atoms with Crippen molar-refractivity contribution in [3.8, 4) is 0 Å². The molecule has 4 unspecified atom stereocenters. The molecule has 1 amide bonds. The van der Waals surface area contributed by atoms with Crippen LogP contribution in [-0.2, 0) is 4.79 Å². The van der Waals surface area contributed by atoms with Crippen LogP contribution in [-0.4, -0.2) is 24.5 Å². The van der Waals surface area contributed by atoms with Gasteiger partial charge in [0.25, 0.3) is 0 Å². The smallest absolute Gasteiger partial charge is 0.221 e. The summed E-state index contributed by atoms with van der Waals surface area (Å²) >= 11 is 0. The van der Waals surface area contributed by atoms with Gasteiger partial charge in [-0.3, -0.25) is 4.79 Å². The largest absolute Gasteiger partial charge is 0.353 e. The minimum absolute atomic E-state index is 0.199. The van der Waals surface area contributed by atoms with Gasteiger partial charge < -0.3 is 10.6 Å². The van der Waals surface area contributed by atoms with Gasteiger partial charge in [-0.2, -0.15) is 0 Å². The molecule has 0 radical (unpaired) electrons. The van der Waals surface area contributed by atoms with E-state index in [0.29, 0.717) is 18.4 Å². The maximum absolute atomic E-state index is 11.9. The van der Waals surface area contributed by atoms with E-state index in [1.165, 1.54) is 12.8 Å². The molecule has 1 rings (SSSR count). The molecule has 0 aromatic rings. The van der Waals surface area contributed by atoms with Crippen molar-refractivity contribution in [2.45, 2.75) is 65.5 Å². The summed E-state index contributed by atoms with van der Waals surface area (Å²) in [6, 6.07) is 0.672. The van der Waals surface area contributed by atoms with E-state index in [1.54, 1.807) is 0 Å².